The average Bonchev–Trinajstić information content (AvgIpc) is 3.04. The second-order valence-corrected chi connectivity index (χ2v) is 9.07. The molecular formula is C26H25N5O4. The van der Waals surface area contributed by atoms with Crippen molar-refractivity contribution < 1.29 is 19.1 Å². The molecule has 3 amide bonds. The second-order valence-electron chi connectivity index (χ2n) is 9.07. The first-order valence-corrected chi connectivity index (χ1v) is 11.4. The van der Waals surface area contributed by atoms with Gasteiger partial charge in [-0.2, -0.15) is 0 Å². The topological polar surface area (TPSA) is 128 Å². The van der Waals surface area contributed by atoms with Gasteiger partial charge in [0, 0.05) is 61.2 Å². The van der Waals surface area contributed by atoms with Crippen LogP contribution in [0.4, 0.5) is 16.3 Å². The summed E-state index contributed by atoms with van der Waals surface area (Å²) in [5.74, 6) is -0.207. The van der Waals surface area contributed by atoms with E-state index in [9.17, 15) is 14.4 Å². The number of hydrogen-bond acceptors (Lipinski definition) is 7. The number of nitrogens with two attached hydrogens (primary N) is 1. The van der Waals surface area contributed by atoms with E-state index >= 15 is 0 Å². The van der Waals surface area contributed by atoms with E-state index < -0.39 is 11.7 Å². The Morgan fingerprint density at radius 1 is 1.20 bits per heavy atom. The largest absolute Gasteiger partial charge is 0.432 e. The second kappa shape index (κ2) is 8.50. The van der Waals surface area contributed by atoms with E-state index in [0.717, 1.165) is 37.9 Å². The summed E-state index contributed by atoms with van der Waals surface area (Å²) in [5.41, 5.74) is 9.69. The minimum Gasteiger partial charge on any atom is -0.432 e. The van der Waals surface area contributed by atoms with Gasteiger partial charge in [-0.15, -0.1) is 0 Å². The molecule has 3 aromatic rings. The number of amides is 3. The maximum absolute atomic E-state index is 12.7. The number of nitrogens with one attached hydrogen (secondary N) is 1. The van der Waals surface area contributed by atoms with Crippen molar-refractivity contribution in [1.29, 1.82) is 0 Å². The highest BCUT2D eigenvalue weighted by Crippen LogP contribution is 2.39. The molecule has 0 unspecified atom stereocenters. The summed E-state index contributed by atoms with van der Waals surface area (Å²) < 4.78 is 5.35. The van der Waals surface area contributed by atoms with Crippen molar-refractivity contribution >= 4 is 40.2 Å². The zero-order valence-electron chi connectivity index (χ0n) is 19.5. The molecule has 1 aliphatic heterocycles. The number of allylic oxidation sites excluding steroid dienone is 1. The number of benzene rings is 1. The number of imide groups is 1. The molecule has 3 heterocycles. The number of nitrogen functional groups attached to an aromatic ring is 1. The van der Waals surface area contributed by atoms with Crippen LogP contribution in [-0.2, 0) is 14.3 Å². The molecule has 0 radical (unpaired) electrons. The van der Waals surface area contributed by atoms with Crippen molar-refractivity contribution in [1.82, 2.24) is 14.9 Å². The molecule has 2 aromatic heterocycles. The molecule has 1 saturated carbocycles. The molecule has 9 nitrogen and oxygen atoms in total. The Kier molecular flexibility index (Phi) is 5.47. The molecule has 1 spiro atoms. The van der Waals surface area contributed by atoms with Gasteiger partial charge in [0.1, 0.15) is 5.82 Å². The number of pyridine rings is 2. The average molecular weight is 472 g/mol. The molecule has 1 aliphatic carbocycles. The fraction of sp³-hybridized carbons (Fsp3) is 0.269. The minimum atomic E-state index is -1.09. The Hall–Kier alpha value is -4.27. The quantitative estimate of drug-likeness (QED) is 0.437. The number of ether oxygens (including phenoxy) is 1. The van der Waals surface area contributed by atoms with Gasteiger partial charge in [0.15, 0.2) is 5.60 Å². The summed E-state index contributed by atoms with van der Waals surface area (Å²) in [7, 11) is 1.42. The van der Waals surface area contributed by atoms with Crippen molar-refractivity contribution in [2.75, 3.05) is 18.1 Å². The van der Waals surface area contributed by atoms with Gasteiger partial charge in [0.2, 0.25) is 5.91 Å². The summed E-state index contributed by atoms with van der Waals surface area (Å²) >= 11 is 0. The zero-order chi connectivity index (χ0) is 24.7. The number of fused-ring (bicyclic) bond motifs is 1. The molecular weight excluding hydrogens is 446 g/mol. The lowest BCUT2D eigenvalue weighted by atomic mass is 9.81. The number of carbonyl (C=O) groups excluding carboxylic acids is 3. The van der Waals surface area contributed by atoms with Crippen molar-refractivity contribution in [3.05, 3.63) is 60.1 Å². The Labute approximate surface area is 202 Å². The third-order valence-corrected chi connectivity index (χ3v) is 6.76. The van der Waals surface area contributed by atoms with E-state index in [1.54, 1.807) is 24.7 Å². The van der Waals surface area contributed by atoms with E-state index in [1.807, 2.05) is 25.1 Å². The van der Waals surface area contributed by atoms with Crippen LogP contribution in [0.5, 0.6) is 0 Å². The first-order valence-electron chi connectivity index (χ1n) is 11.4. The number of aromatic nitrogens is 2. The molecule has 9 heteroatoms. The molecule has 1 aromatic carbocycles. The highest BCUT2D eigenvalue weighted by Gasteiger charge is 2.53. The van der Waals surface area contributed by atoms with Crippen LogP contribution in [0.2, 0.25) is 0 Å². The Bertz CT molecular complexity index is 1400. The monoisotopic (exact) mass is 471 g/mol. The van der Waals surface area contributed by atoms with Crippen LogP contribution in [0, 0.1) is 6.92 Å². The fourth-order valence-corrected chi connectivity index (χ4v) is 4.73. The molecule has 178 valence electrons. The lowest BCUT2D eigenvalue weighted by molar-refractivity contribution is -0.137. The number of aryl methyl sites for hydroxylation is 1. The third-order valence-electron chi connectivity index (χ3n) is 6.76. The minimum absolute atomic E-state index is 0.304. The Morgan fingerprint density at radius 3 is 2.66 bits per heavy atom. The van der Waals surface area contributed by atoms with Crippen LogP contribution >= 0.6 is 0 Å². The first kappa shape index (κ1) is 22.5. The number of nitrogens with zero attached hydrogens (tertiary/aromatic N) is 3. The van der Waals surface area contributed by atoms with Crippen molar-refractivity contribution in [2.24, 2.45) is 0 Å². The van der Waals surface area contributed by atoms with Crippen molar-refractivity contribution in [3.63, 3.8) is 0 Å². The van der Waals surface area contributed by atoms with Gasteiger partial charge in [-0.25, -0.2) is 14.7 Å². The highest BCUT2D eigenvalue weighted by atomic mass is 16.6. The van der Waals surface area contributed by atoms with E-state index in [1.165, 1.54) is 13.1 Å². The van der Waals surface area contributed by atoms with Crippen LogP contribution in [0.15, 0.2) is 54.5 Å². The van der Waals surface area contributed by atoms with Gasteiger partial charge >= 0.3 is 6.09 Å². The van der Waals surface area contributed by atoms with E-state index in [-0.39, 0.29) is 11.8 Å². The third kappa shape index (κ3) is 4.09. The molecule has 5 rings (SSSR count). The SMILES string of the molecule is Cc1ccncc1-c1cc(N)c2cnc(NC(=O)C=C3CCC4(CC3)OC(=O)N(C)C4=O)cc2c1. The summed E-state index contributed by atoms with van der Waals surface area (Å²) in [5, 5.41) is 4.46. The van der Waals surface area contributed by atoms with Crippen molar-refractivity contribution in [3.8, 4) is 11.1 Å². The van der Waals surface area contributed by atoms with Crippen LogP contribution in [0.1, 0.15) is 31.2 Å². The molecule has 2 aliphatic rings. The predicted octanol–water partition coefficient (Wildman–Crippen LogP) is 3.97. The van der Waals surface area contributed by atoms with E-state index in [4.69, 9.17) is 10.5 Å². The molecule has 0 atom stereocenters. The van der Waals surface area contributed by atoms with Gasteiger partial charge in [0.05, 0.1) is 0 Å². The Morgan fingerprint density at radius 2 is 1.97 bits per heavy atom. The number of carbonyl (C=O) groups is 3. The molecule has 35 heavy (non-hydrogen) atoms. The smallest absolute Gasteiger partial charge is 0.417 e. The highest BCUT2D eigenvalue weighted by molar-refractivity contribution is 6.04. The number of anilines is 2. The summed E-state index contributed by atoms with van der Waals surface area (Å²) in [4.78, 5) is 46.4. The summed E-state index contributed by atoms with van der Waals surface area (Å²) in [6, 6.07) is 7.64. The maximum atomic E-state index is 12.7. The standard InChI is InChI=1S/C26H25N5O4/c1-15-5-8-28-13-19(15)17-10-18-12-22(29-14-20(18)21(27)11-17)30-23(32)9-16-3-6-26(7-4-16)24(33)31(2)25(34)35-26/h5,8-14H,3-4,6-7,27H2,1-2H3,(H,29,30,32). The van der Waals surface area contributed by atoms with Gasteiger partial charge in [0.25, 0.3) is 5.91 Å². The maximum Gasteiger partial charge on any atom is 0.417 e. The number of hydrogen-bond donors (Lipinski definition) is 2. The van der Waals surface area contributed by atoms with Crippen LogP contribution < -0.4 is 11.1 Å². The van der Waals surface area contributed by atoms with Crippen LogP contribution in [0.25, 0.3) is 21.9 Å². The zero-order valence-corrected chi connectivity index (χ0v) is 19.5. The normalized spacial score (nSPS) is 19.8. The van der Waals surface area contributed by atoms with Crippen LogP contribution in [-0.4, -0.2) is 45.4 Å². The van der Waals surface area contributed by atoms with Crippen LogP contribution in [0.3, 0.4) is 0 Å². The number of rotatable bonds is 3. The predicted molar refractivity (Wildman–Crippen MR) is 131 cm³/mol. The Balaban J connectivity index is 1.32. The molecule has 0 bridgehead atoms. The molecule has 1 saturated heterocycles. The summed E-state index contributed by atoms with van der Waals surface area (Å²) in [6.07, 6.45) is 7.84. The van der Waals surface area contributed by atoms with Gasteiger partial charge in [-0.05, 0) is 60.5 Å². The van der Waals surface area contributed by atoms with Crippen molar-refractivity contribution in [2.45, 2.75) is 38.2 Å². The lowest BCUT2D eigenvalue weighted by Gasteiger charge is -2.30. The van der Waals surface area contributed by atoms with Gasteiger partial charge in [-0.3, -0.25) is 14.6 Å². The van der Waals surface area contributed by atoms with Gasteiger partial charge in [-0.1, -0.05) is 5.57 Å². The lowest BCUT2D eigenvalue weighted by Crippen LogP contribution is -2.41. The van der Waals surface area contributed by atoms with Gasteiger partial charge < -0.3 is 15.8 Å². The first-order chi connectivity index (χ1) is 16.8. The fourth-order valence-electron chi connectivity index (χ4n) is 4.73. The molecule has 2 fully saturated rings. The van der Waals surface area contributed by atoms with E-state index in [0.29, 0.717) is 37.2 Å². The van der Waals surface area contributed by atoms with E-state index in [2.05, 4.69) is 15.3 Å². The summed E-state index contributed by atoms with van der Waals surface area (Å²) in [6.45, 7) is 2.01. The number of likely N-dealkylation sites (N-methyl/N-ethyl adjacent to an activating group) is 1. The molecule has 3 N–H and O–H groups in total.